The van der Waals surface area contributed by atoms with E-state index in [0.717, 1.165) is 25.7 Å². The molecule has 0 spiro atoms. The Hall–Kier alpha value is -2.96. The van der Waals surface area contributed by atoms with E-state index in [2.05, 4.69) is 19.1 Å². The molecule has 1 atom stereocenters. The second kappa shape index (κ2) is 7.70. The van der Waals surface area contributed by atoms with Gasteiger partial charge in [0, 0.05) is 16.9 Å². The zero-order valence-electron chi connectivity index (χ0n) is 16.2. The number of rotatable bonds is 4. The number of nitrogens with zero attached hydrogens (tertiary/aromatic N) is 2. The van der Waals surface area contributed by atoms with Gasteiger partial charge in [-0.2, -0.15) is 0 Å². The molecule has 2 amide bonds. The third-order valence-electron chi connectivity index (χ3n) is 5.04. The van der Waals surface area contributed by atoms with Gasteiger partial charge in [-0.3, -0.25) is 9.59 Å². The van der Waals surface area contributed by atoms with Crippen molar-refractivity contribution >= 4 is 50.8 Å². The molecule has 0 saturated carbocycles. The minimum Gasteiger partial charge on any atom is -0.274 e. The first kappa shape index (κ1) is 19.0. The molecule has 1 aromatic heterocycles. The molecule has 3 aromatic carbocycles. The van der Waals surface area contributed by atoms with E-state index >= 15 is 0 Å². The molecule has 1 saturated heterocycles. The van der Waals surface area contributed by atoms with E-state index in [1.54, 1.807) is 11.3 Å². The summed E-state index contributed by atoms with van der Waals surface area (Å²) in [7, 11) is 0. The zero-order valence-corrected chi connectivity index (χ0v) is 17.9. The Morgan fingerprint density at radius 1 is 1.00 bits per heavy atom. The van der Waals surface area contributed by atoms with E-state index in [0.29, 0.717) is 5.69 Å². The normalized spacial score (nSPS) is 16.6. The molecule has 4 aromatic rings. The lowest BCUT2D eigenvalue weighted by Gasteiger charge is -2.15. The number of hydrogen-bond acceptors (Lipinski definition) is 5. The molecule has 1 unspecified atom stereocenters. The SMILES string of the molecule is Cc1ccc2nc(-c3ccc(N4C(=O)CC(Sc5ccccc5)C4=O)cc3)sc2c1. The van der Waals surface area contributed by atoms with Crippen LogP contribution in [0, 0.1) is 6.92 Å². The Kier molecular flexibility index (Phi) is 4.89. The van der Waals surface area contributed by atoms with E-state index in [1.807, 2.05) is 60.7 Å². The monoisotopic (exact) mass is 430 g/mol. The van der Waals surface area contributed by atoms with Gasteiger partial charge in [-0.1, -0.05) is 24.3 Å². The van der Waals surface area contributed by atoms with Gasteiger partial charge < -0.3 is 0 Å². The van der Waals surface area contributed by atoms with E-state index in [-0.39, 0.29) is 23.5 Å². The van der Waals surface area contributed by atoms with E-state index < -0.39 is 0 Å². The van der Waals surface area contributed by atoms with Crippen LogP contribution in [0.1, 0.15) is 12.0 Å². The van der Waals surface area contributed by atoms with Crippen LogP contribution in [0.4, 0.5) is 5.69 Å². The van der Waals surface area contributed by atoms with Crippen molar-refractivity contribution < 1.29 is 9.59 Å². The maximum Gasteiger partial charge on any atom is 0.247 e. The highest BCUT2D eigenvalue weighted by molar-refractivity contribution is 8.00. The number of aryl methyl sites for hydroxylation is 1. The highest BCUT2D eigenvalue weighted by Crippen LogP contribution is 2.35. The van der Waals surface area contributed by atoms with Crippen molar-refractivity contribution in [2.24, 2.45) is 0 Å². The smallest absolute Gasteiger partial charge is 0.247 e. The molecular formula is C24H18N2O2S2. The summed E-state index contributed by atoms with van der Waals surface area (Å²) in [6, 6.07) is 23.5. The number of hydrogen-bond donors (Lipinski definition) is 0. The summed E-state index contributed by atoms with van der Waals surface area (Å²) >= 11 is 3.09. The summed E-state index contributed by atoms with van der Waals surface area (Å²) in [4.78, 5) is 32.5. The molecule has 0 bridgehead atoms. The second-order valence-electron chi connectivity index (χ2n) is 7.23. The fourth-order valence-corrected chi connectivity index (χ4v) is 5.68. The highest BCUT2D eigenvalue weighted by Gasteiger charge is 2.40. The number of benzene rings is 3. The predicted molar refractivity (Wildman–Crippen MR) is 123 cm³/mol. The lowest BCUT2D eigenvalue weighted by molar-refractivity contribution is -0.121. The van der Waals surface area contributed by atoms with Crippen molar-refractivity contribution in [3.8, 4) is 10.6 Å². The molecule has 1 aliphatic rings. The van der Waals surface area contributed by atoms with Crippen LogP contribution in [0.3, 0.4) is 0 Å². The van der Waals surface area contributed by atoms with E-state index in [4.69, 9.17) is 4.98 Å². The average Bonchev–Trinajstić information content (AvgIpc) is 3.29. The Labute approximate surface area is 182 Å². The van der Waals surface area contributed by atoms with Crippen molar-refractivity contribution in [2.75, 3.05) is 4.90 Å². The number of anilines is 1. The summed E-state index contributed by atoms with van der Waals surface area (Å²) in [6.45, 7) is 2.07. The molecule has 30 heavy (non-hydrogen) atoms. The Morgan fingerprint density at radius 3 is 2.53 bits per heavy atom. The van der Waals surface area contributed by atoms with Crippen LogP contribution in [-0.4, -0.2) is 22.0 Å². The topological polar surface area (TPSA) is 50.3 Å². The van der Waals surface area contributed by atoms with Gasteiger partial charge in [0.2, 0.25) is 11.8 Å². The largest absolute Gasteiger partial charge is 0.274 e. The quantitative estimate of drug-likeness (QED) is 0.390. The van der Waals surface area contributed by atoms with Gasteiger partial charge in [0.15, 0.2) is 0 Å². The van der Waals surface area contributed by atoms with Crippen LogP contribution in [0.2, 0.25) is 0 Å². The minimum atomic E-state index is -0.382. The fourth-order valence-electron chi connectivity index (χ4n) is 3.54. The maximum absolute atomic E-state index is 12.9. The lowest BCUT2D eigenvalue weighted by atomic mass is 10.2. The maximum atomic E-state index is 12.9. The standard InChI is InChI=1S/C24H18N2O2S2/c1-15-7-12-19-20(13-15)30-23(25-19)16-8-10-17(11-9-16)26-22(27)14-21(24(26)28)29-18-5-3-2-4-6-18/h2-13,21H,14H2,1H3. The van der Waals surface area contributed by atoms with Crippen LogP contribution in [0.15, 0.2) is 77.7 Å². The summed E-state index contributed by atoms with van der Waals surface area (Å²) in [5, 5.41) is 0.547. The van der Waals surface area contributed by atoms with Gasteiger partial charge in [0.05, 0.1) is 21.2 Å². The molecule has 0 radical (unpaired) electrons. The van der Waals surface area contributed by atoms with E-state index in [1.165, 1.54) is 22.2 Å². The van der Waals surface area contributed by atoms with Gasteiger partial charge in [-0.15, -0.1) is 23.1 Å². The van der Waals surface area contributed by atoms with Crippen LogP contribution >= 0.6 is 23.1 Å². The predicted octanol–water partition coefficient (Wildman–Crippen LogP) is 5.70. The summed E-state index contributed by atoms with van der Waals surface area (Å²) in [6.07, 6.45) is 0.220. The van der Waals surface area contributed by atoms with Crippen molar-refractivity contribution in [1.82, 2.24) is 4.98 Å². The second-order valence-corrected chi connectivity index (χ2v) is 9.53. The highest BCUT2D eigenvalue weighted by atomic mass is 32.2. The molecule has 148 valence electrons. The Balaban J connectivity index is 1.38. The molecular weight excluding hydrogens is 412 g/mol. The lowest BCUT2D eigenvalue weighted by Crippen LogP contribution is -2.31. The average molecular weight is 431 g/mol. The van der Waals surface area contributed by atoms with Gasteiger partial charge >= 0.3 is 0 Å². The Morgan fingerprint density at radius 2 is 1.77 bits per heavy atom. The van der Waals surface area contributed by atoms with Crippen LogP contribution in [-0.2, 0) is 9.59 Å². The number of amides is 2. The van der Waals surface area contributed by atoms with Gasteiger partial charge in [-0.25, -0.2) is 9.88 Å². The first-order valence-electron chi connectivity index (χ1n) is 9.64. The first-order chi connectivity index (χ1) is 14.6. The molecule has 0 aliphatic carbocycles. The molecule has 5 rings (SSSR count). The molecule has 1 aliphatic heterocycles. The van der Waals surface area contributed by atoms with Crippen molar-refractivity contribution in [3.63, 3.8) is 0 Å². The third-order valence-corrected chi connectivity index (χ3v) is 7.31. The number of thiazole rings is 1. The third kappa shape index (κ3) is 3.53. The van der Waals surface area contributed by atoms with Crippen LogP contribution < -0.4 is 4.90 Å². The van der Waals surface area contributed by atoms with Gasteiger partial charge in [0.1, 0.15) is 5.01 Å². The van der Waals surface area contributed by atoms with E-state index in [9.17, 15) is 9.59 Å². The first-order valence-corrected chi connectivity index (χ1v) is 11.3. The number of fused-ring (bicyclic) bond motifs is 1. The number of aromatic nitrogens is 1. The molecule has 1 fully saturated rings. The van der Waals surface area contributed by atoms with Gasteiger partial charge in [-0.05, 0) is 61.0 Å². The summed E-state index contributed by atoms with van der Waals surface area (Å²) in [5.41, 5.74) is 3.78. The number of imide groups is 1. The number of carbonyl (C=O) groups is 2. The molecule has 6 heteroatoms. The van der Waals surface area contributed by atoms with Crippen molar-refractivity contribution in [1.29, 1.82) is 0 Å². The van der Waals surface area contributed by atoms with Crippen molar-refractivity contribution in [3.05, 3.63) is 78.4 Å². The summed E-state index contributed by atoms with van der Waals surface area (Å²) < 4.78 is 1.15. The minimum absolute atomic E-state index is 0.155. The van der Waals surface area contributed by atoms with Crippen LogP contribution in [0.25, 0.3) is 20.8 Å². The molecule has 2 heterocycles. The van der Waals surface area contributed by atoms with Crippen molar-refractivity contribution in [2.45, 2.75) is 23.5 Å². The Bertz CT molecular complexity index is 1250. The fraction of sp³-hybridized carbons (Fsp3) is 0.125. The molecule has 4 nitrogen and oxygen atoms in total. The van der Waals surface area contributed by atoms with Gasteiger partial charge in [0.25, 0.3) is 0 Å². The van der Waals surface area contributed by atoms with Crippen LogP contribution in [0.5, 0.6) is 0 Å². The number of carbonyl (C=O) groups excluding carboxylic acids is 2. The number of thioether (sulfide) groups is 1. The zero-order chi connectivity index (χ0) is 20.7. The molecule has 0 N–H and O–H groups in total. The summed E-state index contributed by atoms with van der Waals surface area (Å²) in [5.74, 6) is -0.311.